The third-order valence-electron chi connectivity index (χ3n) is 2.07. The van der Waals surface area contributed by atoms with E-state index in [0.717, 1.165) is 0 Å². The lowest BCUT2D eigenvalue weighted by molar-refractivity contribution is 0.382. The van der Waals surface area contributed by atoms with E-state index in [1.807, 2.05) is 19.9 Å². The molecule has 3 heteroatoms. The largest absolute Gasteiger partial charge is 0.492 e. The number of benzene rings is 1. The molecular formula is C11H12FNO. The lowest BCUT2D eigenvalue weighted by Gasteiger charge is -2.11. The van der Waals surface area contributed by atoms with Crippen LogP contribution in [0.1, 0.15) is 30.9 Å². The van der Waals surface area contributed by atoms with Gasteiger partial charge in [0.05, 0.1) is 12.7 Å². The van der Waals surface area contributed by atoms with Crippen molar-refractivity contribution in [3.8, 4) is 11.8 Å². The molecular weight excluding hydrogens is 181 g/mol. The molecule has 0 amide bonds. The lowest BCUT2D eigenvalue weighted by atomic mass is 10.0. The predicted octanol–water partition coefficient (Wildman–Crippen LogP) is 2.83. The van der Waals surface area contributed by atoms with E-state index in [2.05, 4.69) is 0 Å². The van der Waals surface area contributed by atoms with Gasteiger partial charge in [-0.2, -0.15) is 5.26 Å². The van der Waals surface area contributed by atoms with Crippen molar-refractivity contribution in [3.63, 3.8) is 0 Å². The highest BCUT2D eigenvalue weighted by molar-refractivity contribution is 5.47. The van der Waals surface area contributed by atoms with Crippen LogP contribution in [0.5, 0.6) is 5.75 Å². The molecule has 1 aromatic carbocycles. The van der Waals surface area contributed by atoms with Crippen LogP contribution in [0.3, 0.4) is 0 Å². The van der Waals surface area contributed by atoms with Crippen LogP contribution in [0, 0.1) is 17.1 Å². The van der Waals surface area contributed by atoms with Gasteiger partial charge < -0.3 is 4.74 Å². The normalized spacial score (nSPS) is 10.0. The first-order valence-corrected chi connectivity index (χ1v) is 4.38. The maximum atomic E-state index is 13.7. The molecule has 0 fully saturated rings. The topological polar surface area (TPSA) is 33.0 Å². The average molecular weight is 193 g/mol. The maximum Gasteiger partial charge on any atom is 0.172 e. The molecule has 0 unspecified atom stereocenters. The van der Waals surface area contributed by atoms with Gasteiger partial charge in [0.2, 0.25) is 0 Å². The molecule has 0 N–H and O–H groups in total. The van der Waals surface area contributed by atoms with Gasteiger partial charge >= 0.3 is 0 Å². The van der Waals surface area contributed by atoms with Gasteiger partial charge in [0.15, 0.2) is 11.6 Å². The Kier molecular flexibility index (Phi) is 3.08. The Morgan fingerprint density at radius 3 is 2.50 bits per heavy atom. The van der Waals surface area contributed by atoms with E-state index in [-0.39, 0.29) is 17.2 Å². The molecule has 1 rings (SSSR count). The van der Waals surface area contributed by atoms with Gasteiger partial charge in [0.25, 0.3) is 0 Å². The van der Waals surface area contributed by atoms with Crippen LogP contribution in [-0.4, -0.2) is 7.11 Å². The first-order valence-electron chi connectivity index (χ1n) is 4.38. The second kappa shape index (κ2) is 4.10. The van der Waals surface area contributed by atoms with E-state index in [9.17, 15) is 4.39 Å². The Bertz CT molecular complexity index is 380. The molecule has 0 atom stereocenters. The predicted molar refractivity (Wildman–Crippen MR) is 51.8 cm³/mol. The fourth-order valence-corrected chi connectivity index (χ4v) is 1.30. The molecule has 0 aromatic heterocycles. The summed E-state index contributed by atoms with van der Waals surface area (Å²) < 4.78 is 18.6. The average Bonchev–Trinajstić information content (AvgIpc) is 2.16. The number of hydrogen-bond donors (Lipinski definition) is 0. The molecule has 14 heavy (non-hydrogen) atoms. The van der Waals surface area contributed by atoms with Gasteiger partial charge in [-0.3, -0.25) is 0 Å². The first-order chi connectivity index (χ1) is 6.61. The molecule has 0 radical (unpaired) electrons. The fraction of sp³-hybridized carbons (Fsp3) is 0.364. The number of halogens is 1. The minimum atomic E-state index is -0.429. The zero-order valence-corrected chi connectivity index (χ0v) is 8.47. The number of hydrogen-bond acceptors (Lipinski definition) is 2. The van der Waals surface area contributed by atoms with E-state index < -0.39 is 5.82 Å². The third kappa shape index (κ3) is 1.69. The van der Waals surface area contributed by atoms with Crippen molar-refractivity contribution in [2.75, 3.05) is 7.11 Å². The molecule has 0 saturated carbocycles. The zero-order valence-electron chi connectivity index (χ0n) is 8.47. The van der Waals surface area contributed by atoms with Crippen LogP contribution in [-0.2, 0) is 0 Å². The highest BCUT2D eigenvalue weighted by Gasteiger charge is 2.15. The highest BCUT2D eigenvalue weighted by Crippen LogP contribution is 2.29. The van der Waals surface area contributed by atoms with Gasteiger partial charge in [-0.25, -0.2) is 4.39 Å². The second-order valence-electron chi connectivity index (χ2n) is 3.32. The third-order valence-corrected chi connectivity index (χ3v) is 2.07. The van der Waals surface area contributed by atoms with Crippen LogP contribution in [0.4, 0.5) is 4.39 Å². The SMILES string of the molecule is COc1c(C#N)ccc(C(C)C)c1F. The smallest absolute Gasteiger partial charge is 0.172 e. The molecule has 2 nitrogen and oxygen atoms in total. The second-order valence-corrected chi connectivity index (χ2v) is 3.32. The van der Waals surface area contributed by atoms with Crippen molar-refractivity contribution < 1.29 is 9.13 Å². The first kappa shape index (κ1) is 10.5. The van der Waals surface area contributed by atoms with Crippen molar-refractivity contribution in [2.45, 2.75) is 19.8 Å². The molecule has 0 bridgehead atoms. The number of rotatable bonds is 2. The van der Waals surface area contributed by atoms with Gasteiger partial charge in [0, 0.05) is 0 Å². The number of nitrogens with zero attached hydrogens (tertiary/aromatic N) is 1. The van der Waals surface area contributed by atoms with Crippen molar-refractivity contribution in [3.05, 3.63) is 29.1 Å². The number of methoxy groups -OCH3 is 1. The summed E-state index contributed by atoms with van der Waals surface area (Å²) in [7, 11) is 1.36. The summed E-state index contributed by atoms with van der Waals surface area (Å²) in [4.78, 5) is 0. The summed E-state index contributed by atoms with van der Waals surface area (Å²) in [6, 6.07) is 5.10. The van der Waals surface area contributed by atoms with E-state index >= 15 is 0 Å². The monoisotopic (exact) mass is 193 g/mol. The van der Waals surface area contributed by atoms with Crippen LogP contribution < -0.4 is 4.74 Å². The Labute approximate surface area is 82.9 Å². The Hall–Kier alpha value is -1.56. The fourth-order valence-electron chi connectivity index (χ4n) is 1.30. The Morgan fingerprint density at radius 2 is 2.07 bits per heavy atom. The summed E-state index contributed by atoms with van der Waals surface area (Å²) in [5.74, 6) is -0.308. The van der Waals surface area contributed by atoms with Crippen molar-refractivity contribution in [1.29, 1.82) is 5.26 Å². The van der Waals surface area contributed by atoms with E-state index in [0.29, 0.717) is 5.56 Å². The van der Waals surface area contributed by atoms with Crippen LogP contribution >= 0.6 is 0 Å². The summed E-state index contributed by atoms with van der Waals surface area (Å²) >= 11 is 0. The van der Waals surface area contributed by atoms with E-state index in [4.69, 9.17) is 10.00 Å². The molecule has 0 aliphatic heterocycles. The highest BCUT2D eigenvalue weighted by atomic mass is 19.1. The number of nitriles is 1. The molecule has 0 saturated heterocycles. The van der Waals surface area contributed by atoms with Crippen molar-refractivity contribution in [2.24, 2.45) is 0 Å². The molecule has 0 spiro atoms. The molecule has 74 valence electrons. The van der Waals surface area contributed by atoms with E-state index in [1.54, 1.807) is 12.1 Å². The minimum absolute atomic E-state index is 0.0405. The van der Waals surface area contributed by atoms with Gasteiger partial charge in [0.1, 0.15) is 6.07 Å². The molecule has 1 aromatic rings. The van der Waals surface area contributed by atoms with E-state index in [1.165, 1.54) is 7.11 Å². The summed E-state index contributed by atoms with van der Waals surface area (Å²) in [6.45, 7) is 3.79. The summed E-state index contributed by atoms with van der Waals surface area (Å²) in [5, 5.41) is 8.71. The van der Waals surface area contributed by atoms with Crippen molar-refractivity contribution in [1.82, 2.24) is 0 Å². The maximum absolute atomic E-state index is 13.7. The Balaban J connectivity index is 3.37. The standard InChI is InChI=1S/C11H12FNO/c1-7(2)9-5-4-8(6-13)11(14-3)10(9)12/h4-5,7H,1-3H3. The van der Waals surface area contributed by atoms with Gasteiger partial charge in [-0.05, 0) is 17.5 Å². The van der Waals surface area contributed by atoms with Crippen LogP contribution in [0.2, 0.25) is 0 Å². The van der Waals surface area contributed by atoms with Crippen LogP contribution in [0.15, 0.2) is 12.1 Å². The van der Waals surface area contributed by atoms with Gasteiger partial charge in [-0.1, -0.05) is 19.9 Å². The van der Waals surface area contributed by atoms with Crippen molar-refractivity contribution >= 4 is 0 Å². The minimum Gasteiger partial charge on any atom is -0.492 e. The molecule has 0 aliphatic rings. The van der Waals surface area contributed by atoms with Gasteiger partial charge in [-0.15, -0.1) is 0 Å². The quantitative estimate of drug-likeness (QED) is 0.723. The summed E-state index contributed by atoms with van der Waals surface area (Å²) in [6.07, 6.45) is 0. The molecule has 0 aliphatic carbocycles. The summed E-state index contributed by atoms with van der Waals surface area (Å²) in [5.41, 5.74) is 0.801. The number of ether oxygens (including phenoxy) is 1. The molecule has 0 heterocycles. The Morgan fingerprint density at radius 1 is 1.43 bits per heavy atom. The van der Waals surface area contributed by atoms with Crippen LogP contribution in [0.25, 0.3) is 0 Å². The lowest BCUT2D eigenvalue weighted by Crippen LogP contribution is -1.99. The zero-order chi connectivity index (χ0) is 10.7.